The van der Waals surface area contributed by atoms with Gasteiger partial charge in [0.05, 0.1) is 21.3 Å². The van der Waals surface area contributed by atoms with Crippen molar-refractivity contribution in [1.82, 2.24) is 4.31 Å². The molecule has 8 heteroatoms. The number of rotatable bonds is 2. The number of sulfonamides is 1. The lowest BCUT2D eigenvalue weighted by Crippen LogP contribution is -2.33. The van der Waals surface area contributed by atoms with E-state index in [0.29, 0.717) is 25.8 Å². The van der Waals surface area contributed by atoms with Crippen LogP contribution in [0.25, 0.3) is 0 Å². The minimum Gasteiger partial charge on any atom is -0.396 e. The highest BCUT2D eigenvalue weighted by Crippen LogP contribution is 2.35. The van der Waals surface area contributed by atoms with Crippen LogP contribution in [-0.4, -0.2) is 36.5 Å². The monoisotopic (exact) mass is 352 g/mol. The summed E-state index contributed by atoms with van der Waals surface area (Å²) >= 11 is 11.9. The first-order valence-electron chi connectivity index (χ1n) is 6.61. The average Bonchev–Trinajstić information content (AvgIpc) is 2.57. The minimum atomic E-state index is -3.75. The molecule has 1 saturated heterocycles. The fourth-order valence-corrected chi connectivity index (χ4v) is 4.59. The minimum absolute atomic E-state index is 0.0485. The second-order valence-corrected chi connectivity index (χ2v) is 8.22. The van der Waals surface area contributed by atoms with Gasteiger partial charge in [-0.15, -0.1) is 0 Å². The largest absolute Gasteiger partial charge is 0.396 e. The van der Waals surface area contributed by atoms with Crippen molar-refractivity contribution in [1.29, 1.82) is 0 Å². The third-order valence-corrected chi connectivity index (χ3v) is 6.52. The summed E-state index contributed by atoms with van der Waals surface area (Å²) in [6, 6.07) is 2.78. The molecule has 1 aromatic rings. The fourth-order valence-electron chi connectivity index (χ4n) is 2.37. The maximum Gasteiger partial charge on any atom is 0.244 e. The van der Waals surface area contributed by atoms with Crippen LogP contribution in [0, 0.1) is 0 Å². The number of halogens is 2. The molecule has 1 atom stereocenters. The van der Waals surface area contributed by atoms with Crippen LogP contribution in [0.2, 0.25) is 10.0 Å². The van der Waals surface area contributed by atoms with Gasteiger partial charge in [-0.25, -0.2) is 8.42 Å². The molecule has 3 N–H and O–H groups in total. The number of hydrogen-bond donors (Lipinski definition) is 2. The zero-order valence-corrected chi connectivity index (χ0v) is 14.0. The summed E-state index contributed by atoms with van der Waals surface area (Å²) < 4.78 is 26.7. The van der Waals surface area contributed by atoms with Crippen molar-refractivity contribution in [2.24, 2.45) is 0 Å². The molecule has 0 aromatic heterocycles. The molecule has 0 bridgehead atoms. The van der Waals surface area contributed by atoms with Crippen LogP contribution in [0.3, 0.4) is 0 Å². The van der Waals surface area contributed by atoms with E-state index in [-0.39, 0.29) is 27.2 Å². The number of aliphatic hydroxyl groups is 1. The highest BCUT2D eigenvalue weighted by molar-refractivity contribution is 7.89. The molecule has 0 radical (unpaired) electrons. The lowest BCUT2D eigenvalue weighted by Gasteiger charge is -2.23. The summed E-state index contributed by atoms with van der Waals surface area (Å²) in [6.07, 6.45) is 1.54. The van der Waals surface area contributed by atoms with E-state index in [2.05, 4.69) is 0 Å². The van der Waals surface area contributed by atoms with Crippen molar-refractivity contribution in [2.45, 2.75) is 36.7 Å². The molecule has 1 aliphatic heterocycles. The SMILES string of the molecule is CC1(O)CCCN(S(=O)(=O)c2ccc(Cl)c(N)c2Cl)CC1. The molecule has 0 spiro atoms. The molecule has 2 rings (SSSR count). The van der Waals surface area contributed by atoms with Gasteiger partial charge in [0.15, 0.2) is 0 Å². The standard InChI is InChI=1S/C13H18Cl2N2O3S/c1-13(18)5-2-7-17(8-6-13)21(19,20)10-4-3-9(14)12(16)11(10)15/h3-4,18H,2,5-8,16H2,1H3. The van der Waals surface area contributed by atoms with E-state index >= 15 is 0 Å². The lowest BCUT2D eigenvalue weighted by atomic mass is 9.98. The Labute approximate surface area is 134 Å². The zero-order valence-electron chi connectivity index (χ0n) is 11.6. The van der Waals surface area contributed by atoms with E-state index in [0.717, 1.165) is 0 Å². The van der Waals surface area contributed by atoms with Crippen LogP contribution < -0.4 is 5.73 Å². The van der Waals surface area contributed by atoms with E-state index in [4.69, 9.17) is 28.9 Å². The molecule has 1 aromatic carbocycles. The molecule has 0 amide bonds. The molecule has 0 aliphatic carbocycles. The summed E-state index contributed by atoms with van der Waals surface area (Å²) in [5, 5.41) is 10.2. The Kier molecular flexibility index (Phi) is 4.75. The van der Waals surface area contributed by atoms with Gasteiger partial charge >= 0.3 is 0 Å². The third kappa shape index (κ3) is 3.46. The van der Waals surface area contributed by atoms with Gasteiger partial charge in [-0.1, -0.05) is 23.2 Å². The molecule has 0 saturated carbocycles. The van der Waals surface area contributed by atoms with Gasteiger partial charge in [-0.05, 0) is 38.3 Å². The maximum absolute atomic E-state index is 12.7. The summed E-state index contributed by atoms with van der Waals surface area (Å²) in [4.78, 5) is -0.0485. The normalized spacial score (nSPS) is 24.8. The smallest absolute Gasteiger partial charge is 0.244 e. The molecule has 118 valence electrons. The summed E-state index contributed by atoms with van der Waals surface area (Å²) in [5.41, 5.74) is 4.91. The van der Waals surface area contributed by atoms with Crippen molar-refractivity contribution < 1.29 is 13.5 Å². The van der Waals surface area contributed by atoms with E-state index in [9.17, 15) is 13.5 Å². The topological polar surface area (TPSA) is 83.6 Å². The Morgan fingerprint density at radius 3 is 2.62 bits per heavy atom. The second kappa shape index (κ2) is 5.93. The van der Waals surface area contributed by atoms with Crippen LogP contribution in [-0.2, 0) is 10.0 Å². The molecular weight excluding hydrogens is 335 g/mol. The zero-order chi connectivity index (χ0) is 15.8. The molecular formula is C13H18Cl2N2O3S. The Bertz CT molecular complexity index is 647. The molecule has 21 heavy (non-hydrogen) atoms. The van der Waals surface area contributed by atoms with E-state index in [1.807, 2.05) is 0 Å². The molecule has 5 nitrogen and oxygen atoms in total. The van der Waals surface area contributed by atoms with Crippen LogP contribution in [0.15, 0.2) is 17.0 Å². The van der Waals surface area contributed by atoms with Gasteiger partial charge in [0.2, 0.25) is 10.0 Å². The highest BCUT2D eigenvalue weighted by Gasteiger charge is 2.33. The van der Waals surface area contributed by atoms with E-state index < -0.39 is 15.6 Å². The number of benzene rings is 1. The Hall–Kier alpha value is -0.530. The van der Waals surface area contributed by atoms with Crippen LogP contribution >= 0.6 is 23.2 Å². The number of hydrogen-bond acceptors (Lipinski definition) is 4. The van der Waals surface area contributed by atoms with E-state index in [1.54, 1.807) is 6.92 Å². The van der Waals surface area contributed by atoms with Crippen LogP contribution in [0.1, 0.15) is 26.2 Å². The van der Waals surface area contributed by atoms with Crippen molar-refractivity contribution in [3.63, 3.8) is 0 Å². The number of nitrogens with zero attached hydrogens (tertiary/aromatic N) is 1. The Morgan fingerprint density at radius 1 is 1.29 bits per heavy atom. The van der Waals surface area contributed by atoms with Crippen molar-refractivity contribution in [3.05, 3.63) is 22.2 Å². The van der Waals surface area contributed by atoms with Crippen molar-refractivity contribution >= 4 is 38.9 Å². The second-order valence-electron chi connectivity index (χ2n) is 5.53. The van der Waals surface area contributed by atoms with Gasteiger partial charge in [-0.2, -0.15) is 4.31 Å². The predicted octanol–water partition coefficient (Wildman–Crippen LogP) is 2.50. The lowest BCUT2D eigenvalue weighted by molar-refractivity contribution is 0.0465. The first-order valence-corrected chi connectivity index (χ1v) is 8.81. The van der Waals surface area contributed by atoms with Gasteiger partial charge < -0.3 is 10.8 Å². The Morgan fingerprint density at radius 2 is 1.95 bits per heavy atom. The molecule has 1 heterocycles. The number of anilines is 1. The van der Waals surface area contributed by atoms with Gasteiger partial charge in [-0.3, -0.25) is 0 Å². The summed E-state index contributed by atoms with van der Waals surface area (Å²) in [7, 11) is -3.75. The van der Waals surface area contributed by atoms with Crippen molar-refractivity contribution in [3.8, 4) is 0 Å². The first kappa shape index (κ1) is 16.8. The first-order chi connectivity index (χ1) is 9.65. The Balaban J connectivity index is 2.37. The summed E-state index contributed by atoms with van der Waals surface area (Å²) in [6.45, 7) is 2.31. The third-order valence-electron chi connectivity index (χ3n) is 3.73. The van der Waals surface area contributed by atoms with Gasteiger partial charge in [0.1, 0.15) is 4.90 Å². The quantitative estimate of drug-likeness (QED) is 0.801. The number of nitrogens with two attached hydrogens (primary N) is 1. The number of nitrogen functional groups attached to an aromatic ring is 1. The van der Waals surface area contributed by atoms with Crippen LogP contribution in [0.4, 0.5) is 5.69 Å². The average molecular weight is 353 g/mol. The maximum atomic E-state index is 12.7. The predicted molar refractivity (Wildman–Crippen MR) is 84.1 cm³/mol. The van der Waals surface area contributed by atoms with Crippen molar-refractivity contribution in [2.75, 3.05) is 18.8 Å². The molecule has 1 aliphatic rings. The van der Waals surface area contributed by atoms with Gasteiger partial charge in [0.25, 0.3) is 0 Å². The molecule has 1 unspecified atom stereocenters. The van der Waals surface area contributed by atoms with E-state index in [1.165, 1.54) is 16.4 Å². The van der Waals surface area contributed by atoms with Crippen LogP contribution in [0.5, 0.6) is 0 Å². The fraction of sp³-hybridized carbons (Fsp3) is 0.538. The highest BCUT2D eigenvalue weighted by atomic mass is 35.5. The molecule has 1 fully saturated rings. The summed E-state index contributed by atoms with van der Waals surface area (Å²) in [5.74, 6) is 0. The van der Waals surface area contributed by atoms with Gasteiger partial charge in [0, 0.05) is 13.1 Å².